The summed E-state index contributed by atoms with van der Waals surface area (Å²) in [5.41, 5.74) is 3.43. The van der Waals surface area contributed by atoms with E-state index in [1.807, 2.05) is 64.5 Å². The largest absolute Gasteiger partial charge is 0.504 e. The van der Waals surface area contributed by atoms with E-state index in [9.17, 15) is 10.2 Å². The van der Waals surface area contributed by atoms with Crippen molar-refractivity contribution in [2.24, 2.45) is 10.2 Å². The topological polar surface area (TPSA) is 70.1 Å². The number of aromatic hydroxyl groups is 2. The second-order valence-corrected chi connectivity index (χ2v) is 7.89. The third-order valence-corrected chi connectivity index (χ3v) is 5.59. The highest BCUT2D eigenvalue weighted by molar-refractivity contribution is 9.10. The number of aromatic nitrogens is 1. The van der Waals surface area contributed by atoms with Gasteiger partial charge < -0.3 is 10.2 Å². The SMILES string of the molecule is Oc1cccc(/C=N/N=c2/scc(-c3ccc(Br)cc3)n2-c2ccccc2)c1O. The lowest BCUT2D eigenvalue weighted by atomic mass is 10.1. The van der Waals surface area contributed by atoms with Crippen molar-refractivity contribution in [3.05, 3.63) is 93.0 Å². The van der Waals surface area contributed by atoms with Crippen LogP contribution in [-0.4, -0.2) is 21.0 Å². The van der Waals surface area contributed by atoms with Gasteiger partial charge in [-0.15, -0.1) is 16.4 Å². The number of phenols is 2. The van der Waals surface area contributed by atoms with Gasteiger partial charge in [-0.3, -0.25) is 4.57 Å². The van der Waals surface area contributed by atoms with Gasteiger partial charge in [0.2, 0.25) is 4.80 Å². The highest BCUT2D eigenvalue weighted by atomic mass is 79.9. The first-order chi connectivity index (χ1) is 14.1. The van der Waals surface area contributed by atoms with Gasteiger partial charge in [0, 0.05) is 21.1 Å². The third kappa shape index (κ3) is 4.16. The lowest BCUT2D eigenvalue weighted by Crippen LogP contribution is -2.13. The van der Waals surface area contributed by atoms with Gasteiger partial charge in [0.1, 0.15) is 0 Å². The van der Waals surface area contributed by atoms with Crippen LogP contribution in [0.2, 0.25) is 0 Å². The normalized spacial score (nSPS) is 12.0. The number of rotatable bonds is 4. The first-order valence-corrected chi connectivity index (χ1v) is 10.4. The number of phenolic OH excluding ortho intramolecular Hbond substituents is 2. The average Bonchev–Trinajstić information content (AvgIpc) is 3.16. The molecule has 2 N–H and O–H groups in total. The quantitative estimate of drug-likeness (QED) is 0.243. The van der Waals surface area contributed by atoms with Crippen molar-refractivity contribution in [2.45, 2.75) is 0 Å². The monoisotopic (exact) mass is 465 g/mol. The molecule has 0 spiro atoms. The maximum absolute atomic E-state index is 9.91. The molecule has 0 aliphatic heterocycles. The second-order valence-electron chi connectivity index (χ2n) is 6.14. The second kappa shape index (κ2) is 8.46. The lowest BCUT2D eigenvalue weighted by Gasteiger charge is -2.09. The summed E-state index contributed by atoms with van der Waals surface area (Å²) in [4.78, 5) is 0.685. The van der Waals surface area contributed by atoms with Crippen LogP contribution in [0.15, 0.2) is 92.9 Å². The van der Waals surface area contributed by atoms with Crippen LogP contribution in [0.1, 0.15) is 5.56 Å². The Morgan fingerprint density at radius 3 is 2.41 bits per heavy atom. The Morgan fingerprint density at radius 1 is 0.897 bits per heavy atom. The van der Waals surface area contributed by atoms with Crippen LogP contribution < -0.4 is 4.80 Å². The highest BCUT2D eigenvalue weighted by Gasteiger charge is 2.10. The van der Waals surface area contributed by atoms with Crippen molar-refractivity contribution in [1.29, 1.82) is 0 Å². The summed E-state index contributed by atoms with van der Waals surface area (Å²) >= 11 is 4.95. The molecule has 7 heteroatoms. The minimum atomic E-state index is -0.218. The van der Waals surface area contributed by atoms with Crippen molar-refractivity contribution >= 4 is 33.5 Å². The molecule has 0 bridgehead atoms. The fraction of sp³-hybridized carbons (Fsp3) is 0. The van der Waals surface area contributed by atoms with Crippen LogP contribution in [-0.2, 0) is 0 Å². The van der Waals surface area contributed by atoms with Crippen molar-refractivity contribution in [3.8, 4) is 28.4 Å². The fourth-order valence-electron chi connectivity index (χ4n) is 2.82. The van der Waals surface area contributed by atoms with Gasteiger partial charge in [0.05, 0.1) is 11.9 Å². The minimum Gasteiger partial charge on any atom is -0.504 e. The van der Waals surface area contributed by atoms with Gasteiger partial charge in [0.25, 0.3) is 0 Å². The van der Waals surface area contributed by atoms with E-state index in [-0.39, 0.29) is 11.5 Å². The maximum Gasteiger partial charge on any atom is 0.215 e. The average molecular weight is 466 g/mol. The Kier molecular flexibility index (Phi) is 5.59. The Balaban J connectivity index is 1.81. The smallest absolute Gasteiger partial charge is 0.215 e. The molecule has 1 heterocycles. The molecule has 4 aromatic rings. The van der Waals surface area contributed by atoms with Gasteiger partial charge in [0.15, 0.2) is 11.5 Å². The van der Waals surface area contributed by atoms with Crippen molar-refractivity contribution in [1.82, 2.24) is 4.57 Å². The summed E-state index contributed by atoms with van der Waals surface area (Å²) in [5.74, 6) is -0.411. The van der Waals surface area contributed by atoms with Crippen LogP contribution in [0.5, 0.6) is 11.5 Å². The molecule has 0 aliphatic rings. The van der Waals surface area contributed by atoms with Gasteiger partial charge >= 0.3 is 0 Å². The van der Waals surface area contributed by atoms with Crippen molar-refractivity contribution < 1.29 is 10.2 Å². The Hall–Kier alpha value is -3.16. The maximum atomic E-state index is 9.91. The highest BCUT2D eigenvalue weighted by Crippen LogP contribution is 2.27. The summed E-state index contributed by atoms with van der Waals surface area (Å²) in [6.45, 7) is 0. The van der Waals surface area contributed by atoms with E-state index in [4.69, 9.17) is 0 Å². The number of halogens is 1. The number of para-hydroxylation sites is 2. The molecule has 4 rings (SSSR count). The fourth-order valence-corrected chi connectivity index (χ4v) is 3.95. The van der Waals surface area contributed by atoms with E-state index < -0.39 is 0 Å². The summed E-state index contributed by atoms with van der Waals surface area (Å²) in [6, 6.07) is 22.7. The van der Waals surface area contributed by atoms with Gasteiger partial charge in [-0.1, -0.05) is 52.3 Å². The standard InChI is InChI=1S/C22H16BrN3O2S/c23-17-11-9-15(10-12-17)19-14-29-22(26(19)18-6-2-1-3-7-18)25-24-13-16-5-4-8-20(27)21(16)28/h1-14,27-28H/b24-13+,25-22+. The van der Waals surface area contributed by atoms with E-state index in [0.717, 1.165) is 21.4 Å². The minimum absolute atomic E-state index is 0.193. The Bertz CT molecular complexity index is 1230. The van der Waals surface area contributed by atoms with E-state index in [1.54, 1.807) is 12.1 Å². The molecule has 0 saturated heterocycles. The van der Waals surface area contributed by atoms with E-state index in [1.165, 1.54) is 23.6 Å². The number of thiazole rings is 1. The molecule has 144 valence electrons. The van der Waals surface area contributed by atoms with Crippen LogP contribution >= 0.6 is 27.3 Å². The number of hydrogen-bond donors (Lipinski definition) is 2. The molecular formula is C22H16BrN3O2S. The number of nitrogens with zero attached hydrogens (tertiary/aromatic N) is 3. The van der Waals surface area contributed by atoms with Crippen molar-refractivity contribution in [2.75, 3.05) is 0 Å². The van der Waals surface area contributed by atoms with E-state index in [2.05, 4.69) is 26.1 Å². The third-order valence-electron chi connectivity index (χ3n) is 4.25. The van der Waals surface area contributed by atoms with Crippen LogP contribution in [0.4, 0.5) is 0 Å². The molecule has 0 radical (unpaired) electrons. The molecule has 0 fully saturated rings. The van der Waals surface area contributed by atoms with E-state index >= 15 is 0 Å². The zero-order valence-corrected chi connectivity index (χ0v) is 17.5. The summed E-state index contributed by atoms with van der Waals surface area (Å²) in [6.07, 6.45) is 1.42. The number of hydrogen-bond acceptors (Lipinski definition) is 5. The molecule has 29 heavy (non-hydrogen) atoms. The predicted molar refractivity (Wildman–Crippen MR) is 120 cm³/mol. The van der Waals surface area contributed by atoms with E-state index in [0.29, 0.717) is 10.4 Å². The molecule has 1 aromatic heterocycles. The Labute approximate surface area is 179 Å². The molecule has 0 saturated carbocycles. The first-order valence-electron chi connectivity index (χ1n) is 8.73. The molecule has 0 atom stereocenters. The molecule has 3 aromatic carbocycles. The summed E-state index contributed by atoms with van der Waals surface area (Å²) < 4.78 is 3.05. The van der Waals surface area contributed by atoms with Crippen LogP contribution in [0.3, 0.4) is 0 Å². The van der Waals surface area contributed by atoms with Crippen LogP contribution in [0, 0.1) is 0 Å². The molecule has 0 unspecified atom stereocenters. The summed E-state index contributed by atoms with van der Waals surface area (Å²) in [7, 11) is 0. The zero-order valence-electron chi connectivity index (χ0n) is 15.1. The summed E-state index contributed by atoms with van der Waals surface area (Å²) in [5, 5.41) is 30.1. The predicted octanol–water partition coefficient (Wildman–Crippen LogP) is 5.31. The van der Waals surface area contributed by atoms with Crippen molar-refractivity contribution in [3.63, 3.8) is 0 Å². The Morgan fingerprint density at radius 2 is 1.66 bits per heavy atom. The van der Waals surface area contributed by atoms with Crippen LogP contribution in [0.25, 0.3) is 16.9 Å². The van der Waals surface area contributed by atoms with Gasteiger partial charge in [-0.05, 0) is 42.0 Å². The lowest BCUT2D eigenvalue weighted by molar-refractivity contribution is 0.403. The van der Waals surface area contributed by atoms with Gasteiger partial charge in [-0.25, -0.2) is 0 Å². The number of benzene rings is 3. The molecule has 5 nitrogen and oxygen atoms in total. The zero-order chi connectivity index (χ0) is 20.2. The van der Waals surface area contributed by atoms with Gasteiger partial charge in [-0.2, -0.15) is 5.10 Å². The molecular weight excluding hydrogens is 450 g/mol. The first kappa shape index (κ1) is 19.2. The molecule has 0 amide bonds. The molecule has 0 aliphatic carbocycles.